The number of anilines is 1. The van der Waals surface area contributed by atoms with Crippen LogP contribution in [-0.2, 0) is 32.6 Å². The summed E-state index contributed by atoms with van der Waals surface area (Å²) in [5, 5.41) is 2.89. The summed E-state index contributed by atoms with van der Waals surface area (Å²) in [4.78, 5) is 29.7. The van der Waals surface area contributed by atoms with Crippen LogP contribution < -0.4 is 9.62 Å². The number of likely N-dealkylation sites (N-methyl/N-ethyl adjacent to an activating group) is 1. The Morgan fingerprint density at radius 3 is 2.14 bits per heavy atom. The minimum atomic E-state index is -4.16. The molecule has 0 heterocycles. The van der Waals surface area contributed by atoms with E-state index >= 15 is 0 Å². The SMILES string of the molecule is CCNC(=O)C(Cc1ccccc1)N(Cc1cccc(Br)c1)C(=O)CN(c1cc(C)ccc1C)S(=O)(=O)c1ccc(C)cc1. The van der Waals surface area contributed by atoms with E-state index in [1.807, 2.05) is 94.4 Å². The molecule has 0 saturated heterocycles. The van der Waals surface area contributed by atoms with Gasteiger partial charge in [0.1, 0.15) is 12.6 Å². The van der Waals surface area contributed by atoms with Gasteiger partial charge in [-0.3, -0.25) is 13.9 Å². The number of halogens is 1. The number of nitrogens with zero attached hydrogens (tertiary/aromatic N) is 2. The molecule has 230 valence electrons. The predicted octanol–water partition coefficient (Wildman–Crippen LogP) is 6.35. The molecule has 0 aliphatic heterocycles. The molecule has 4 aromatic rings. The largest absolute Gasteiger partial charge is 0.355 e. The van der Waals surface area contributed by atoms with Crippen LogP contribution in [0, 0.1) is 20.8 Å². The smallest absolute Gasteiger partial charge is 0.264 e. The van der Waals surface area contributed by atoms with E-state index in [0.29, 0.717) is 17.8 Å². The Balaban J connectivity index is 1.83. The second-order valence-electron chi connectivity index (χ2n) is 10.9. The molecule has 0 spiro atoms. The minimum Gasteiger partial charge on any atom is -0.355 e. The van der Waals surface area contributed by atoms with Crippen LogP contribution >= 0.6 is 15.9 Å². The summed E-state index contributed by atoms with van der Waals surface area (Å²) in [5.41, 5.74) is 4.59. The van der Waals surface area contributed by atoms with Crippen LogP contribution in [0.3, 0.4) is 0 Å². The molecular formula is C35H38BrN3O4S. The number of hydrogen-bond donors (Lipinski definition) is 1. The Labute approximate surface area is 269 Å². The summed E-state index contributed by atoms with van der Waals surface area (Å²) in [6.45, 7) is 7.43. The first-order valence-electron chi connectivity index (χ1n) is 14.5. The highest BCUT2D eigenvalue weighted by atomic mass is 79.9. The van der Waals surface area contributed by atoms with E-state index < -0.39 is 28.5 Å². The molecule has 0 aliphatic rings. The van der Waals surface area contributed by atoms with Gasteiger partial charge in [-0.1, -0.05) is 88.2 Å². The maximum absolute atomic E-state index is 14.5. The lowest BCUT2D eigenvalue weighted by Crippen LogP contribution is -2.53. The molecule has 44 heavy (non-hydrogen) atoms. The molecular weight excluding hydrogens is 638 g/mol. The summed E-state index contributed by atoms with van der Waals surface area (Å²) in [6, 6.07) is 28.3. The summed E-state index contributed by atoms with van der Waals surface area (Å²) < 4.78 is 30.5. The zero-order chi connectivity index (χ0) is 31.9. The Kier molecular flexibility index (Phi) is 11.0. The number of aryl methyl sites for hydroxylation is 3. The molecule has 0 aliphatic carbocycles. The third-order valence-electron chi connectivity index (χ3n) is 7.39. The van der Waals surface area contributed by atoms with Crippen molar-refractivity contribution in [3.8, 4) is 0 Å². The van der Waals surface area contributed by atoms with Crippen molar-refractivity contribution in [2.24, 2.45) is 0 Å². The van der Waals surface area contributed by atoms with Crippen molar-refractivity contribution in [1.82, 2.24) is 10.2 Å². The first-order valence-corrected chi connectivity index (χ1v) is 16.7. The number of rotatable bonds is 12. The van der Waals surface area contributed by atoms with Gasteiger partial charge in [-0.2, -0.15) is 0 Å². The predicted molar refractivity (Wildman–Crippen MR) is 179 cm³/mol. The normalized spacial score (nSPS) is 11.9. The van der Waals surface area contributed by atoms with Crippen molar-refractivity contribution in [3.63, 3.8) is 0 Å². The lowest BCUT2D eigenvalue weighted by molar-refractivity contribution is -0.140. The van der Waals surface area contributed by atoms with Crippen LogP contribution in [0.25, 0.3) is 0 Å². The Hall–Kier alpha value is -3.95. The summed E-state index contributed by atoms with van der Waals surface area (Å²) in [5.74, 6) is -0.798. The van der Waals surface area contributed by atoms with E-state index in [1.54, 1.807) is 30.3 Å². The van der Waals surface area contributed by atoms with Crippen molar-refractivity contribution >= 4 is 43.5 Å². The summed E-state index contributed by atoms with van der Waals surface area (Å²) >= 11 is 3.51. The van der Waals surface area contributed by atoms with Crippen molar-refractivity contribution in [1.29, 1.82) is 0 Å². The van der Waals surface area contributed by atoms with Gasteiger partial charge >= 0.3 is 0 Å². The molecule has 7 nitrogen and oxygen atoms in total. The fraction of sp³-hybridized carbons (Fsp3) is 0.257. The zero-order valence-corrected chi connectivity index (χ0v) is 27.9. The topological polar surface area (TPSA) is 86.8 Å². The van der Waals surface area contributed by atoms with E-state index in [1.165, 1.54) is 9.21 Å². The number of hydrogen-bond acceptors (Lipinski definition) is 4. The van der Waals surface area contributed by atoms with Gasteiger partial charge in [0.05, 0.1) is 10.6 Å². The molecule has 1 atom stereocenters. The van der Waals surface area contributed by atoms with Crippen LogP contribution in [0.15, 0.2) is 106 Å². The van der Waals surface area contributed by atoms with Crippen LogP contribution in [0.2, 0.25) is 0 Å². The molecule has 4 rings (SSSR count). The highest BCUT2D eigenvalue weighted by Crippen LogP contribution is 2.29. The minimum absolute atomic E-state index is 0.0832. The van der Waals surface area contributed by atoms with Crippen LogP contribution in [0.4, 0.5) is 5.69 Å². The van der Waals surface area contributed by atoms with E-state index in [9.17, 15) is 18.0 Å². The maximum atomic E-state index is 14.5. The third-order valence-corrected chi connectivity index (χ3v) is 9.65. The molecule has 2 amide bonds. The fourth-order valence-corrected chi connectivity index (χ4v) is 6.93. The number of carbonyl (C=O) groups excluding carboxylic acids is 2. The van der Waals surface area contributed by atoms with Crippen molar-refractivity contribution < 1.29 is 18.0 Å². The van der Waals surface area contributed by atoms with E-state index in [2.05, 4.69) is 21.2 Å². The van der Waals surface area contributed by atoms with E-state index in [0.717, 1.165) is 26.7 Å². The lowest BCUT2D eigenvalue weighted by Gasteiger charge is -2.34. The number of carbonyl (C=O) groups is 2. The Morgan fingerprint density at radius 2 is 1.48 bits per heavy atom. The zero-order valence-electron chi connectivity index (χ0n) is 25.5. The fourth-order valence-electron chi connectivity index (χ4n) is 5.02. The van der Waals surface area contributed by atoms with Gasteiger partial charge < -0.3 is 10.2 Å². The number of amides is 2. The van der Waals surface area contributed by atoms with Crippen molar-refractivity contribution in [2.45, 2.75) is 51.6 Å². The van der Waals surface area contributed by atoms with Crippen LogP contribution in [0.5, 0.6) is 0 Å². The van der Waals surface area contributed by atoms with Crippen LogP contribution in [0.1, 0.15) is 34.7 Å². The Bertz CT molecular complexity index is 1710. The number of sulfonamides is 1. The maximum Gasteiger partial charge on any atom is 0.264 e. The average Bonchev–Trinajstić information content (AvgIpc) is 2.99. The van der Waals surface area contributed by atoms with Crippen molar-refractivity contribution in [2.75, 3.05) is 17.4 Å². The summed E-state index contributed by atoms with van der Waals surface area (Å²) in [7, 11) is -4.16. The Morgan fingerprint density at radius 1 is 0.818 bits per heavy atom. The van der Waals surface area contributed by atoms with Gasteiger partial charge in [0.2, 0.25) is 11.8 Å². The van der Waals surface area contributed by atoms with Gasteiger partial charge in [0.25, 0.3) is 10.0 Å². The van der Waals surface area contributed by atoms with Gasteiger partial charge in [0, 0.05) is 24.0 Å². The lowest BCUT2D eigenvalue weighted by atomic mass is 10.0. The average molecular weight is 677 g/mol. The number of benzene rings is 4. The highest BCUT2D eigenvalue weighted by Gasteiger charge is 2.35. The molecule has 0 radical (unpaired) electrons. The van der Waals surface area contributed by atoms with Gasteiger partial charge in [-0.15, -0.1) is 0 Å². The highest BCUT2D eigenvalue weighted by molar-refractivity contribution is 9.10. The molecule has 9 heteroatoms. The van der Waals surface area contributed by atoms with Gasteiger partial charge in [0.15, 0.2) is 0 Å². The van der Waals surface area contributed by atoms with Crippen LogP contribution in [-0.4, -0.2) is 44.3 Å². The van der Waals surface area contributed by atoms with Gasteiger partial charge in [-0.25, -0.2) is 8.42 Å². The molecule has 1 N–H and O–H groups in total. The summed E-state index contributed by atoms with van der Waals surface area (Å²) in [6.07, 6.45) is 0.264. The molecule has 1 unspecified atom stereocenters. The third kappa shape index (κ3) is 8.15. The first kappa shape index (κ1) is 33.0. The van der Waals surface area contributed by atoms with E-state index in [-0.39, 0.29) is 23.8 Å². The standard InChI is InChI=1S/C35H38BrN3O4S/c1-5-37-35(41)33(22-28-10-7-6-8-11-28)38(23-29-12-9-13-30(36)21-29)34(40)24-39(32-20-26(3)14-17-27(32)4)44(42,43)31-18-15-25(2)16-19-31/h6-21,33H,5,22-24H2,1-4H3,(H,37,41). The van der Waals surface area contributed by atoms with E-state index in [4.69, 9.17) is 0 Å². The molecule has 0 bridgehead atoms. The molecule has 0 fully saturated rings. The molecule has 0 saturated carbocycles. The quantitative estimate of drug-likeness (QED) is 0.190. The van der Waals surface area contributed by atoms with Gasteiger partial charge in [-0.05, 0) is 80.3 Å². The molecule has 4 aromatic carbocycles. The molecule has 0 aromatic heterocycles. The van der Waals surface area contributed by atoms with Crippen molar-refractivity contribution in [3.05, 3.63) is 129 Å². The second kappa shape index (κ2) is 14.7. The second-order valence-corrected chi connectivity index (χ2v) is 13.6. The monoisotopic (exact) mass is 675 g/mol. The first-order chi connectivity index (χ1) is 21.0. The number of nitrogens with one attached hydrogen (secondary N) is 1.